The predicted octanol–water partition coefficient (Wildman–Crippen LogP) is 4.14. The number of halogens is 2. The number of benzene rings is 2. The third-order valence-electron chi connectivity index (χ3n) is 4.06. The van der Waals surface area contributed by atoms with E-state index in [1.165, 1.54) is 6.42 Å². The Morgan fingerprint density at radius 3 is 2.83 bits per heavy atom. The first kappa shape index (κ1) is 16.3. The molecule has 2 aromatic carbocycles. The summed E-state index contributed by atoms with van der Waals surface area (Å²) in [7, 11) is 0. The minimum Gasteiger partial charge on any atom is -0.350 e. The smallest absolute Gasteiger partial charge is 0.251 e. The van der Waals surface area contributed by atoms with E-state index >= 15 is 0 Å². The second-order valence-electron chi connectivity index (χ2n) is 5.69. The summed E-state index contributed by atoms with van der Waals surface area (Å²) in [5.41, 5.74) is 2.33. The molecule has 5 heteroatoms. The van der Waals surface area contributed by atoms with Crippen molar-refractivity contribution in [1.82, 2.24) is 10.6 Å². The van der Waals surface area contributed by atoms with Crippen LogP contribution >= 0.6 is 23.2 Å². The molecule has 0 aromatic heterocycles. The Hall–Kier alpha value is -1.55. The lowest BCUT2D eigenvalue weighted by Crippen LogP contribution is -2.37. The molecule has 0 bridgehead atoms. The summed E-state index contributed by atoms with van der Waals surface area (Å²) in [6, 6.07) is 13.3. The third kappa shape index (κ3) is 3.86. The first-order chi connectivity index (χ1) is 11.1. The van der Waals surface area contributed by atoms with Crippen molar-refractivity contribution in [3.63, 3.8) is 0 Å². The second-order valence-corrected chi connectivity index (χ2v) is 6.47. The van der Waals surface area contributed by atoms with Gasteiger partial charge in [-0.15, -0.1) is 0 Å². The second kappa shape index (κ2) is 7.35. The predicted molar refractivity (Wildman–Crippen MR) is 95.3 cm³/mol. The van der Waals surface area contributed by atoms with Gasteiger partial charge in [-0.1, -0.05) is 47.5 Å². The van der Waals surface area contributed by atoms with Crippen molar-refractivity contribution in [3.8, 4) is 11.1 Å². The molecule has 1 saturated heterocycles. The molecule has 1 fully saturated rings. The van der Waals surface area contributed by atoms with Crippen molar-refractivity contribution in [1.29, 1.82) is 0 Å². The van der Waals surface area contributed by atoms with Crippen molar-refractivity contribution in [2.24, 2.45) is 0 Å². The van der Waals surface area contributed by atoms with E-state index in [0.717, 1.165) is 24.1 Å². The molecule has 0 saturated carbocycles. The Kier molecular flexibility index (Phi) is 5.21. The highest BCUT2D eigenvalue weighted by atomic mass is 35.5. The summed E-state index contributed by atoms with van der Waals surface area (Å²) in [5.74, 6) is -0.0706. The molecule has 0 radical (unpaired) electrons. The fourth-order valence-electron chi connectivity index (χ4n) is 2.80. The van der Waals surface area contributed by atoms with E-state index < -0.39 is 0 Å². The van der Waals surface area contributed by atoms with E-state index in [4.69, 9.17) is 23.2 Å². The Morgan fingerprint density at radius 1 is 1.22 bits per heavy atom. The third-order valence-corrected chi connectivity index (χ3v) is 4.88. The number of rotatable bonds is 4. The molecule has 2 N–H and O–H groups in total. The van der Waals surface area contributed by atoms with Crippen LogP contribution in [0.1, 0.15) is 23.2 Å². The van der Waals surface area contributed by atoms with Gasteiger partial charge in [0.05, 0.1) is 10.0 Å². The topological polar surface area (TPSA) is 41.1 Å². The molecule has 3 rings (SSSR count). The number of hydrogen-bond donors (Lipinski definition) is 2. The molecule has 0 aliphatic carbocycles. The summed E-state index contributed by atoms with van der Waals surface area (Å²) in [4.78, 5) is 12.3. The molecule has 23 heavy (non-hydrogen) atoms. The van der Waals surface area contributed by atoms with Crippen LogP contribution in [0.3, 0.4) is 0 Å². The van der Waals surface area contributed by atoms with Crippen LogP contribution in [0.5, 0.6) is 0 Å². The van der Waals surface area contributed by atoms with Crippen LogP contribution in [0.25, 0.3) is 11.1 Å². The molecule has 1 aliphatic rings. The van der Waals surface area contributed by atoms with Gasteiger partial charge in [0.25, 0.3) is 5.91 Å². The lowest BCUT2D eigenvalue weighted by molar-refractivity contribution is 0.0950. The van der Waals surface area contributed by atoms with Gasteiger partial charge < -0.3 is 10.6 Å². The molecule has 1 heterocycles. The highest BCUT2D eigenvalue weighted by molar-refractivity contribution is 6.43. The first-order valence-electron chi connectivity index (χ1n) is 7.71. The number of carbonyl (C=O) groups excluding carboxylic acids is 1. The molecular formula is C18H18Cl2N2O. The molecule has 120 valence electrons. The van der Waals surface area contributed by atoms with Crippen molar-refractivity contribution in [3.05, 3.63) is 58.1 Å². The normalized spacial score (nSPS) is 17.2. The Labute approximate surface area is 146 Å². The summed E-state index contributed by atoms with van der Waals surface area (Å²) in [6.07, 6.45) is 2.28. The van der Waals surface area contributed by atoms with Crippen LogP contribution in [0.4, 0.5) is 0 Å². The number of carbonyl (C=O) groups is 1. The van der Waals surface area contributed by atoms with Crippen LogP contribution in [0.2, 0.25) is 10.0 Å². The van der Waals surface area contributed by atoms with Crippen LogP contribution in [-0.4, -0.2) is 25.0 Å². The van der Waals surface area contributed by atoms with E-state index in [1.54, 1.807) is 12.1 Å². The number of hydrogen-bond acceptors (Lipinski definition) is 2. The van der Waals surface area contributed by atoms with Gasteiger partial charge in [-0.2, -0.15) is 0 Å². The van der Waals surface area contributed by atoms with Gasteiger partial charge in [0.1, 0.15) is 0 Å². The average Bonchev–Trinajstić information content (AvgIpc) is 3.09. The van der Waals surface area contributed by atoms with Crippen LogP contribution in [0.15, 0.2) is 42.5 Å². The van der Waals surface area contributed by atoms with E-state index in [9.17, 15) is 4.79 Å². The Balaban J connectivity index is 1.76. The van der Waals surface area contributed by atoms with Gasteiger partial charge in [0.15, 0.2) is 0 Å². The number of nitrogens with one attached hydrogen (secondary N) is 2. The van der Waals surface area contributed by atoms with E-state index in [1.807, 2.05) is 30.3 Å². The molecular weight excluding hydrogens is 331 g/mol. The lowest BCUT2D eigenvalue weighted by Gasteiger charge is -2.12. The maximum Gasteiger partial charge on any atom is 0.251 e. The zero-order valence-corrected chi connectivity index (χ0v) is 14.1. The standard InChI is InChI=1S/C18H18Cl2N2O/c19-16-8-2-7-15(17(16)20)12-4-1-5-13(10-12)18(23)22-11-14-6-3-9-21-14/h1-2,4-5,7-8,10,14,21H,3,6,9,11H2,(H,22,23)/t14-/m0/s1. The molecule has 0 unspecified atom stereocenters. The fourth-order valence-corrected chi connectivity index (χ4v) is 3.21. The summed E-state index contributed by atoms with van der Waals surface area (Å²) < 4.78 is 0. The van der Waals surface area contributed by atoms with Crippen molar-refractivity contribution < 1.29 is 4.79 Å². The van der Waals surface area contributed by atoms with Gasteiger partial charge >= 0.3 is 0 Å². The highest BCUT2D eigenvalue weighted by Gasteiger charge is 2.16. The molecule has 1 atom stereocenters. The quantitative estimate of drug-likeness (QED) is 0.871. The molecule has 2 aromatic rings. The molecule has 1 amide bonds. The van der Waals surface area contributed by atoms with Gasteiger partial charge in [0.2, 0.25) is 0 Å². The average molecular weight is 349 g/mol. The minimum atomic E-state index is -0.0706. The monoisotopic (exact) mass is 348 g/mol. The summed E-state index contributed by atoms with van der Waals surface area (Å²) in [6.45, 7) is 1.68. The largest absolute Gasteiger partial charge is 0.350 e. The van der Waals surface area contributed by atoms with Crippen molar-refractivity contribution in [2.75, 3.05) is 13.1 Å². The van der Waals surface area contributed by atoms with Crippen LogP contribution < -0.4 is 10.6 Å². The Morgan fingerprint density at radius 2 is 2.04 bits per heavy atom. The van der Waals surface area contributed by atoms with Crippen LogP contribution in [-0.2, 0) is 0 Å². The van der Waals surface area contributed by atoms with Crippen molar-refractivity contribution in [2.45, 2.75) is 18.9 Å². The van der Waals surface area contributed by atoms with E-state index in [2.05, 4.69) is 10.6 Å². The summed E-state index contributed by atoms with van der Waals surface area (Å²) >= 11 is 12.3. The van der Waals surface area contributed by atoms with Gasteiger partial charge in [0, 0.05) is 23.7 Å². The Bertz CT molecular complexity index is 712. The maximum atomic E-state index is 12.3. The van der Waals surface area contributed by atoms with Gasteiger partial charge in [-0.25, -0.2) is 0 Å². The fraction of sp³-hybridized carbons (Fsp3) is 0.278. The minimum absolute atomic E-state index is 0.0706. The maximum absolute atomic E-state index is 12.3. The first-order valence-corrected chi connectivity index (χ1v) is 8.47. The number of amides is 1. The highest BCUT2D eigenvalue weighted by Crippen LogP contribution is 2.33. The van der Waals surface area contributed by atoms with Gasteiger partial charge in [-0.05, 0) is 43.1 Å². The molecule has 1 aliphatic heterocycles. The van der Waals surface area contributed by atoms with Crippen molar-refractivity contribution >= 4 is 29.1 Å². The molecule has 0 spiro atoms. The van der Waals surface area contributed by atoms with Gasteiger partial charge in [-0.3, -0.25) is 4.79 Å². The zero-order valence-electron chi connectivity index (χ0n) is 12.6. The van der Waals surface area contributed by atoms with Crippen LogP contribution in [0, 0.1) is 0 Å². The molecule has 3 nitrogen and oxygen atoms in total. The zero-order chi connectivity index (χ0) is 16.2. The van der Waals surface area contributed by atoms with E-state index in [0.29, 0.717) is 28.2 Å². The van der Waals surface area contributed by atoms with E-state index in [-0.39, 0.29) is 5.91 Å². The SMILES string of the molecule is O=C(NC[C@@H]1CCCN1)c1cccc(-c2cccc(Cl)c2Cl)c1. The lowest BCUT2D eigenvalue weighted by atomic mass is 10.0. The summed E-state index contributed by atoms with van der Waals surface area (Å²) in [5, 5.41) is 7.36.